The first kappa shape index (κ1) is 13.0. The third-order valence-corrected chi connectivity index (χ3v) is 2.46. The Bertz CT molecular complexity index is 550. The van der Waals surface area contributed by atoms with Gasteiger partial charge in [0.05, 0.1) is 12.8 Å². The van der Waals surface area contributed by atoms with Gasteiger partial charge in [0, 0.05) is 0 Å². The van der Waals surface area contributed by atoms with Gasteiger partial charge in [-0.3, -0.25) is 0 Å². The van der Waals surface area contributed by atoms with E-state index in [1.54, 1.807) is 24.3 Å². The van der Waals surface area contributed by atoms with E-state index in [0.29, 0.717) is 23.9 Å². The molecule has 19 heavy (non-hydrogen) atoms. The van der Waals surface area contributed by atoms with Crippen molar-refractivity contribution in [3.05, 3.63) is 54.1 Å². The van der Waals surface area contributed by atoms with E-state index in [0.717, 1.165) is 5.56 Å². The van der Waals surface area contributed by atoms with E-state index in [1.807, 2.05) is 31.2 Å². The Morgan fingerprint density at radius 2 is 1.74 bits per heavy atom. The maximum absolute atomic E-state index is 8.44. The highest BCUT2D eigenvalue weighted by atomic mass is 16.5. The number of nitrogens with zero attached hydrogens (tertiary/aromatic N) is 1. The lowest BCUT2D eigenvalue weighted by atomic mass is 10.2. The highest BCUT2D eigenvalue weighted by molar-refractivity contribution is 5.79. The number of hydrogen-bond acceptors (Lipinski definition) is 4. The van der Waals surface area contributed by atoms with E-state index in [9.17, 15) is 0 Å². The first-order chi connectivity index (χ1) is 9.33. The molecule has 0 aliphatic carbocycles. The van der Waals surface area contributed by atoms with E-state index in [4.69, 9.17) is 14.7 Å². The van der Waals surface area contributed by atoms with Crippen LogP contribution < -0.4 is 9.47 Å². The zero-order valence-electron chi connectivity index (χ0n) is 10.6. The fourth-order valence-electron chi connectivity index (χ4n) is 1.62. The predicted octanol–water partition coefficient (Wildman–Crippen LogP) is 3.69. The summed E-state index contributed by atoms with van der Waals surface area (Å²) in [6.07, 6.45) is 1.36. The molecule has 0 fully saturated rings. The normalized spacial score (nSPS) is 10.6. The molecule has 0 atom stereocenters. The zero-order valence-corrected chi connectivity index (χ0v) is 10.6. The molecule has 4 heteroatoms. The fourth-order valence-corrected chi connectivity index (χ4v) is 1.62. The molecule has 0 radical (unpaired) electrons. The summed E-state index contributed by atoms with van der Waals surface area (Å²) < 4.78 is 11.3. The molecular formula is C15H15NO3. The second-order valence-electron chi connectivity index (χ2n) is 3.80. The molecule has 0 aliphatic heterocycles. The van der Waals surface area contributed by atoms with Crippen LogP contribution in [-0.4, -0.2) is 18.0 Å². The summed E-state index contributed by atoms with van der Waals surface area (Å²) in [5.41, 5.74) is 0.799. The van der Waals surface area contributed by atoms with Crippen LogP contribution in [0.15, 0.2) is 53.7 Å². The van der Waals surface area contributed by atoms with E-state index < -0.39 is 0 Å². The lowest BCUT2D eigenvalue weighted by Gasteiger charge is -2.11. The minimum Gasteiger partial charge on any atom is -0.490 e. The average molecular weight is 257 g/mol. The van der Waals surface area contributed by atoms with Gasteiger partial charge in [-0.1, -0.05) is 17.3 Å². The number of hydrogen-bond donors (Lipinski definition) is 1. The maximum Gasteiger partial charge on any atom is 0.169 e. The molecule has 2 aromatic rings. The molecule has 0 spiro atoms. The van der Waals surface area contributed by atoms with Gasteiger partial charge >= 0.3 is 0 Å². The Hall–Kier alpha value is -2.49. The van der Waals surface area contributed by atoms with Gasteiger partial charge in [0.15, 0.2) is 11.5 Å². The Morgan fingerprint density at radius 3 is 2.37 bits per heavy atom. The third-order valence-electron chi connectivity index (χ3n) is 2.46. The molecule has 1 N–H and O–H groups in total. The molecule has 0 bridgehead atoms. The molecule has 0 aliphatic rings. The molecule has 0 amide bonds. The number of oxime groups is 1. The molecule has 0 saturated heterocycles. The summed E-state index contributed by atoms with van der Waals surface area (Å²) in [5.74, 6) is 2.08. The zero-order chi connectivity index (χ0) is 13.5. The predicted molar refractivity (Wildman–Crippen MR) is 73.5 cm³/mol. The summed E-state index contributed by atoms with van der Waals surface area (Å²) in [6.45, 7) is 2.52. The topological polar surface area (TPSA) is 51.0 Å². The van der Waals surface area contributed by atoms with Crippen LogP contribution >= 0.6 is 0 Å². The number of rotatable bonds is 5. The SMILES string of the molecule is CCOc1ccccc1Oc1ccc(C=NO)cc1. The first-order valence-corrected chi connectivity index (χ1v) is 6.00. The quantitative estimate of drug-likeness (QED) is 0.505. The van der Waals surface area contributed by atoms with Crippen molar-refractivity contribution in [2.24, 2.45) is 5.16 Å². The minimum absolute atomic E-state index is 0.590. The molecule has 0 heterocycles. The van der Waals surface area contributed by atoms with Gasteiger partial charge in [-0.15, -0.1) is 0 Å². The summed E-state index contributed by atoms with van der Waals surface area (Å²) in [6, 6.07) is 14.7. The fraction of sp³-hybridized carbons (Fsp3) is 0.133. The summed E-state index contributed by atoms with van der Waals surface area (Å²) >= 11 is 0. The van der Waals surface area contributed by atoms with Gasteiger partial charge in [-0.2, -0.15) is 0 Å². The van der Waals surface area contributed by atoms with Crippen molar-refractivity contribution < 1.29 is 14.7 Å². The van der Waals surface area contributed by atoms with Crippen molar-refractivity contribution >= 4 is 6.21 Å². The van der Waals surface area contributed by atoms with E-state index >= 15 is 0 Å². The van der Waals surface area contributed by atoms with Gasteiger partial charge < -0.3 is 14.7 Å². The van der Waals surface area contributed by atoms with Crippen molar-refractivity contribution in [3.63, 3.8) is 0 Å². The highest BCUT2D eigenvalue weighted by Gasteiger charge is 2.04. The smallest absolute Gasteiger partial charge is 0.169 e. The molecule has 4 nitrogen and oxygen atoms in total. The lowest BCUT2D eigenvalue weighted by molar-refractivity contribution is 0.321. The highest BCUT2D eigenvalue weighted by Crippen LogP contribution is 2.31. The van der Waals surface area contributed by atoms with Crippen molar-refractivity contribution in [3.8, 4) is 17.2 Å². The molecule has 0 saturated carbocycles. The Labute approximate surface area is 111 Å². The lowest BCUT2D eigenvalue weighted by Crippen LogP contribution is -1.94. The van der Waals surface area contributed by atoms with Crippen LogP contribution in [-0.2, 0) is 0 Å². The molecule has 0 unspecified atom stereocenters. The molecule has 98 valence electrons. The monoisotopic (exact) mass is 257 g/mol. The van der Waals surface area contributed by atoms with Crippen LogP contribution in [0.25, 0.3) is 0 Å². The van der Waals surface area contributed by atoms with Gasteiger partial charge in [0.1, 0.15) is 5.75 Å². The van der Waals surface area contributed by atoms with Crippen LogP contribution in [0.5, 0.6) is 17.2 Å². The Balaban J connectivity index is 2.16. The van der Waals surface area contributed by atoms with Crippen LogP contribution in [0.3, 0.4) is 0 Å². The summed E-state index contributed by atoms with van der Waals surface area (Å²) in [7, 11) is 0. The Morgan fingerprint density at radius 1 is 1.05 bits per heavy atom. The second-order valence-corrected chi connectivity index (χ2v) is 3.80. The first-order valence-electron chi connectivity index (χ1n) is 6.00. The van der Waals surface area contributed by atoms with Crippen LogP contribution in [0.2, 0.25) is 0 Å². The number of ether oxygens (including phenoxy) is 2. The van der Waals surface area contributed by atoms with Crippen molar-refractivity contribution in [1.82, 2.24) is 0 Å². The molecular weight excluding hydrogens is 242 g/mol. The molecule has 2 aromatic carbocycles. The van der Waals surface area contributed by atoms with Crippen LogP contribution in [0, 0.1) is 0 Å². The Kier molecular flexibility index (Phi) is 4.39. The van der Waals surface area contributed by atoms with E-state index in [2.05, 4.69) is 5.16 Å². The van der Waals surface area contributed by atoms with Crippen molar-refractivity contribution in [1.29, 1.82) is 0 Å². The van der Waals surface area contributed by atoms with Gasteiger partial charge in [-0.25, -0.2) is 0 Å². The van der Waals surface area contributed by atoms with E-state index in [-0.39, 0.29) is 0 Å². The van der Waals surface area contributed by atoms with Crippen LogP contribution in [0.4, 0.5) is 0 Å². The third kappa shape index (κ3) is 3.48. The minimum atomic E-state index is 0.590. The standard InChI is InChI=1S/C15H15NO3/c1-2-18-14-5-3-4-6-15(14)19-13-9-7-12(8-10-13)11-16-17/h3-11,17H,2H2,1H3. The average Bonchev–Trinajstić information content (AvgIpc) is 2.44. The van der Waals surface area contributed by atoms with Gasteiger partial charge in [-0.05, 0) is 48.9 Å². The molecule has 0 aromatic heterocycles. The second kappa shape index (κ2) is 6.44. The molecule has 2 rings (SSSR count). The van der Waals surface area contributed by atoms with Crippen molar-refractivity contribution in [2.45, 2.75) is 6.92 Å². The largest absolute Gasteiger partial charge is 0.490 e. The van der Waals surface area contributed by atoms with Gasteiger partial charge in [0.2, 0.25) is 0 Å². The van der Waals surface area contributed by atoms with Gasteiger partial charge in [0.25, 0.3) is 0 Å². The van der Waals surface area contributed by atoms with E-state index in [1.165, 1.54) is 6.21 Å². The van der Waals surface area contributed by atoms with Crippen molar-refractivity contribution in [2.75, 3.05) is 6.61 Å². The maximum atomic E-state index is 8.44. The summed E-state index contributed by atoms with van der Waals surface area (Å²) in [5, 5.41) is 11.4. The number of para-hydroxylation sites is 2. The summed E-state index contributed by atoms with van der Waals surface area (Å²) in [4.78, 5) is 0. The number of benzene rings is 2. The van der Waals surface area contributed by atoms with Crippen LogP contribution in [0.1, 0.15) is 12.5 Å².